The van der Waals surface area contributed by atoms with E-state index < -0.39 is 0 Å². The van der Waals surface area contributed by atoms with E-state index in [9.17, 15) is 10.1 Å². The van der Waals surface area contributed by atoms with Crippen molar-refractivity contribution in [2.45, 2.75) is 6.92 Å². The summed E-state index contributed by atoms with van der Waals surface area (Å²) in [5.41, 5.74) is 4.92. The molecule has 2 aromatic heterocycles. The van der Waals surface area contributed by atoms with Gasteiger partial charge in [0.05, 0.1) is 16.3 Å². The van der Waals surface area contributed by atoms with Gasteiger partial charge in [-0.25, -0.2) is 4.98 Å². The Morgan fingerprint density at radius 1 is 1.04 bits per heavy atom. The molecule has 6 nitrogen and oxygen atoms in total. The number of benzene rings is 2. The molecule has 0 spiro atoms. The molecule has 0 N–H and O–H groups in total. The lowest BCUT2D eigenvalue weighted by Crippen LogP contribution is -1.94. The number of nitro benzene ring substituents is 1. The zero-order valence-electron chi connectivity index (χ0n) is 13.9. The molecule has 0 aliphatic rings. The lowest BCUT2D eigenvalue weighted by atomic mass is 10.1. The molecule has 0 aliphatic carbocycles. The van der Waals surface area contributed by atoms with Gasteiger partial charge in [-0.2, -0.15) is 0 Å². The fraction of sp³-hybridized carbons (Fsp3) is 0.105. The lowest BCUT2D eigenvalue weighted by Gasteiger charge is -2.03. The van der Waals surface area contributed by atoms with Crippen molar-refractivity contribution < 1.29 is 4.92 Å². The second-order valence-electron chi connectivity index (χ2n) is 6.08. The fourth-order valence-corrected chi connectivity index (χ4v) is 2.96. The zero-order valence-corrected chi connectivity index (χ0v) is 13.9. The Kier molecular flexibility index (Phi) is 3.39. The molecule has 0 fully saturated rings. The molecule has 0 aliphatic heterocycles. The first kappa shape index (κ1) is 15.1. The molecular weight excluding hydrogens is 316 g/mol. The van der Waals surface area contributed by atoms with Crippen LogP contribution in [0.15, 0.2) is 60.9 Å². The van der Waals surface area contributed by atoms with Crippen LogP contribution in [0, 0.1) is 17.0 Å². The molecule has 2 heterocycles. The summed E-state index contributed by atoms with van der Waals surface area (Å²) in [4.78, 5) is 15.3. The van der Waals surface area contributed by atoms with Crippen LogP contribution in [0.5, 0.6) is 0 Å². The van der Waals surface area contributed by atoms with Crippen molar-refractivity contribution in [1.29, 1.82) is 0 Å². The lowest BCUT2D eigenvalue weighted by molar-refractivity contribution is -0.384. The minimum absolute atomic E-state index is 0.0803. The predicted octanol–water partition coefficient (Wildman–Crippen LogP) is 4.22. The van der Waals surface area contributed by atoms with E-state index in [2.05, 4.69) is 31.2 Å². The van der Waals surface area contributed by atoms with Crippen molar-refractivity contribution in [1.82, 2.24) is 14.0 Å². The van der Waals surface area contributed by atoms with Gasteiger partial charge in [-0.15, -0.1) is 0 Å². The first-order valence-corrected chi connectivity index (χ1v) is 7.89. The van der Waals surface area contributed by atoms with Crippen LogP contribution in [-0.4, -0.2) is 18.9 Å². The van der Waals surface area contributed by atoms with Gasteiger partial charge >= 0.3 is 0 Å². The normalized spacial score (nSPS) is 11.1. The minimum Gasteiger partial charge on any atom is -0.313 e. The maximum Gasteiger partial charge on any atom is 0.270 e. The van der Waals surface area contributed by atoms with E-state index in [1.807, 2.05) is 34.5 Å². The topological polar surface area (TPSA) is 65.4 Å². The number of hydrogen-bond donors (Lipinski definition) is 0. The van der Waals surface area contributed by atoms with Gasteiger partial charge in [0.25, 0.3) is 5.69 Å². The molecule has 0 radical (unpaired) electrons. The van der Waals surface area contributed by atoms with Gasteiger partial charge in [-0.1, -0.05) is 42.0 Å². The standard InChI is InChI=1S/C19H16N4O2/c1-13-6-8-14(9-7-13)17-11-22-12-18(21(2)19(22)20-17)15-4-3-5-16(10-15)23(24)25/h3-12H,1-2H3. The highest BCUT2D eigenvalue weighted by molar-refractivity contribution is 5.68. The molecule has 0 atom stereocenters. The molecular formula is C19H16N4O2. The van der Waals surface area contributed by atoms with E-state index in [0.717, 1.165) is 28.3 Å². The molecule has 4 aromatic rings. The van der Waals surface area contributed by atoms with Gasteiger partial charge < -0.3 is 4.57 Å². The minimum atomic E-state index is -0.382. The van der Waals surface area contributed by atoms with Crippen LogP contribution in [0.4, 0.5) is 5.69 Å². The van der Waals surface area contributed by atoms with Crippen LogP contribution in [0.3, 0.4) is 0 Å². The summed E-state index contributed by atoms with van der Waals surface area (Å²) in [5, 5.41) is 11.0. The van der Waals surface area contributed by atoms with Gasteiger partial charge in [-0.3, -0.25) is 14.5 Å². The van der Waals surface area contributed by atoms with Crippen LogP contribution >= 0.6 is 0 Å². The average Bonchev–Trinajstić information content (AvgIpc) is 3.15. The molecule has 4 rings (SSSR count). The largest absolute Gasteiger partial charge is 0.313 e. The highest BCUT2D eigenvalue weighted by Crippen LogP contribution is 2.27. The number of hydrogen-bond acceptors (Lipinski definition) is 3. The Hall–Kier alpha value is -3.41. The molecule has 0 saturated heterocycles. The summed E-state index contributed by atoms with van der Waals surface area (Å²) >= 11 is 0. The van der Waals surface area contributed by atoms with Crippen molar-refractivity contribution in [3.63, 3.8) is 0 Å². The SMILES string of the molecule is Cc1ccc(-c2cn3cc(-c4cccc([N+](=O)[O-])c4)n(C)c3n2)cc1. The summed E-state index contributed by atoms with van der Waals surface area (Å²) in [6.45, 7) is 2.05. The number of nitro groups is 1. The maximum absolute atomic E-state index is 11.0. The van der Waals surface area contributed by atoms with Gasteiger partial charge in [0.15, 0.2) is 0 Å². The Balaban J connectivity index is 1.79. The number of non-ortho nitro benzene ring substituents is 1. The molecule has 0 amide bonds. The van der Waals surface area contributed by atoms with Gasteiger partial charge in [0.1, 0.15) is 0 Å². The molecule has 6 heteroatoms. The summed E-state index contributed by atoms with van der Waals surface area (Å²) in [7, 11) is 1.91. The quantitative estimate of drug-likeness (QED) is 0.417. The van der Waals surface area contributed by atoms with Crippen molar-refractivity contribution in [3.05, 3.63) is 76.6 Å². The average molecular weight is 332 g/mol. The number of imidazole rings is 2. The first-order valence-electron chi connectivity index (χ1n) is 7.89. The fourth-order valence-electron chi connectivity index (χ4n) is 2.96. The molecule has 2 aromatic carbocycles. The maximum atomic E-state index is 11.0. The van der Waals surface area contributed by atoms with Crippen LogP contribution in [0.2, 0.25) is 0 Å². The third-order valence-corrected chi connectivity index (χ3v) is 4.34. The molecule has 0 saturated carbocycles. The Morgan fingerprint density at radius 2 is 1.80 bits per heavy atom. The third kappa shape index (κ3) is 2.57. The smallest absolute Gasteiger partial charge is 0.270 e. The van der Waals surface area contributed by atoms with Crippen LogP contribution in [0.25, 0.3) is 28.3 Å². The second-order valence-corrected chi connectivity index (χ2v) is 6.08. The number of rotatable bonds is 3. The van der Waals surface area contributed by atoms with Crippen molar-refractivity contribution >= 4 is 11.5 Å². The third-order valence-electron chi connectivity index (χ3n) is 4.34. The molecule has 25 heavy (non-hydrogen) atoms. The van der Waals surface area contributed by atoms with E-state index in [1.165, 1.54) is 11.6 Å². The van der Waals surface area contributed by atoms with E-state index >= 15 is 0 Å². The highest BCUT2D eigenvalue weighted by Gasteiger charge is 2.14. The summed E-state index contributed by atoms with van der Waals surface area (Å²) < 4.78 is 3.89. The summed E-state index contributed by atoms with van der Waals surface area (Å²) in [5.74, 6) is 0.789. The van der Waals surface area contributed by atoms with Crippen molar-refractivity contribution in [3.8, 4) is 22.5 Å². The Labute approximate surface area is 144 Å². The monoisotopic (exact) mass is 332 g/mol. The molecule has 124 valence electrons. The van der Waals surface area contributed by atoms with E-state index in [-0.39, 0.29) is 10.6 Å². The van der Waals surface area contributed by atoms with E-state index in [1.54, 1.807) is 12.1 Å². The number of fused-ring (bicyclic) bond motifs is 1. The predicted molar refractivity (Wildman–Crippen MR) is 96.4 cm³/mol. The summed E-state index contributed by atoms with van der Waals surface area (Å²) in [6, 6.07) is 14.9. The Morgan fingerprint density at radius 3 is 2.48 bits per heavy atom. The van der Waals surface area contributed by atoms with E-state index in [0.29, 0.717) is 0 Å². The first-order chi connectivity index (χ1) is 12.0. The highest BCUT2D eigenvalue weighted by atomic mass is 16.6. The van der Waals surface area contributed by atoms with Crippen LogP contribution in [0.1, 0.15) is 5.56 Å². The van der Waals surface area contributed by atoms with Gasteiger partial charge in [-0.05, 0) is 6.92 Å². The number of nitrogens with zero attached hydrogens (tertiary/aromatic N) is 4. The van der Waals surface area contributed by atoms with Gasteiger partial charge in [0.2, 0.25) is 5.78 Å². The zero-order chi connectivity index (χ0) is 17.6. The van der Waals surface area contributed by atoms with Gasteiger partial charge in [0, 0.05) is 42.7 Å². The summed E-state index contributed by atoms with van der Waals surface area (Å²) in [6.07, 6.45) is 3.92. The second kappa shape index (κ2) is 5.59. The van der Waals surface area contributed by atoms with Crippen LogP contribution < -0.4 is 0 Å². The molecule has 0 unspecified atom stereocenters. The van der Waals surface area contributed by atoms with E-state index in [4.69, 9.17) is 4.98 Å². The van der Waals surface area contributed by atoms with Crippen LogP contribution in [-0.2, 0) is 7.05 Å². The number of aryl methyl sites for hydroxylation is 2. The molecule has 0 bridgehead atoms. The van der Waals surface area contributed by atoms with Crippen molar-refractivity contribution in [2.24, 2.45) is 7.05 Å². The number of aromatic nitrogens is 3. The van der Waals surface area contributed by atoms with Crippen molar-refractivity contribution in [2.75, 3.05) is 0 Å². The Bertz CT molecular complexity index is 1090.